The number of aromatic nitrogens is 2. The zero-order valence-corrected chi connectivity index (χ0v) is 14.4. The monoisotopic (exact) mass is 347 g/mol. The van der Waals surface area contributed by atoms with Crippen LogP contribution in [0.2, 0.25) is 0 Å². The van der Waals surface area contributed by atoms with Gasteiger partial charge in [-0.15, -0.1) is 0 Å². The molecule has 26 heavy (non-hydrogen) atoms. The van der Waals surface area contributed by atoms with Gasteiger partial charge in [-0.05, 0) is 36.2 Å². The normalized spacial score (nSPS) is 20.3. The van der Waals surface area contributed by atoms with Crippen LogP contribution in [-0.2, 0) is 6.54 Å². The van der Waals surface area contributed by atoms with E-state index in [2.05, 4.69) is 21.6 Å². The van der Waals surface area contributed by atoms with E-state index in [4.69, 9.17) is 16.0 Å². The van der Waals surface area contributed by atoms with Crippen LogP contribution in [0.1, 0.15) is 17.5 Å². The van der Waals surface area contributed by atoms with Crippen molar-refractivity contribution in [1.29, 1.82) is 5.26 Å². The Balaban J connectivity index is 1.73. The smallest absolute Gasteiger partial charge is 0.206 e. The van der Waals surface area contributed by atoms with Gasteiger partial charge in [0.05, 0.1) is 35.3 Å². The second-order valence-electron chi connectivity index (χ2n) is 6.76. The molecule has 2 aromatic carbocycles. The van der Waals surface area contributed by atoms with Crippen LogP contribution in [0.5, 0.6) is 0 Å². The largest absolute Gasteiger partial charge is 0.391 e. The molecule has 132 valence electrons. The Morgan fingerprint density at radius 2 is 1.96 bits per heavy atom. The molecule has 6 heteroatoms. The first kappa shape index (κ1) is 16.6. The predicted octanol–water partition coefficient (Wildman–Crippen LogP) is 1.85. The third-order valence-corrected chi connectivity index (χ3v) is 4.96. The Bertz CT molecular complexity index is 956. The Kier molecular flexibility index (Phi) is 4.33. The molecule has 2 atom stereocenters. The molecule has 0 unspecified atom stereocenters. The highest BCUT2D eigenvalue weighted by molar-refractivity contribution is 5.79. The van der Waals surface area contributed by atoms with Crippen molar-refractivity contribution in [1.82, 2.24) is 9.55 Å². The number of nitrogens with two attached hydrogens (primary N) is 1. The van der Waals surface area contributed by atoms with Crippen LogP contribution in [0.15, 0.2) is 48.5 Å². The highest BCUT2D eigenvalue weighted by atomic mass is 16.3. The summed E-state index contributed by atoms with van der Waals surface area (Å²) in [5, 5.41) is 18.9. The molecule has 0 aliphatic carbocycles. The van der Waals surface area contributed by atoms with Crippen molar-refractivity contribution in [2.24, 2.45) is 5.73 Å². The average Bonchev–Trinajstić information content (AvgIpc) is 3.03. The first-order valence-electron chi connectivity index (χ1n) is 8.78. The number of para-hydroxylation sites is 2. The maximum absolute atomic E-state index is 9.93. The van der Waals surface area contributed by atoms with Gasteiger partial charge in [-0.2, -0.15) is 5.26 Å². The molecular weight excluding hydrogens is 326 g/mol. The number of nitriles is 1. The molecule has 1 aromatic heterocycles. The van der Waals surface area contributed by atoms with Gasteiger partial charge >= 0.3 is 0 Å². The average molecular weight is 347 g/mol. The summed E-state index contributed by atoms with van der Waals surface area (Å²) >= 11 is 0. The Morgan fingerprint density at radius 1 is 1.19 bits per heavy atom. The SMILES string of the molecule is N#Cc1ccc(Cn2c(N3CC[C@H](O)[C@@H](N)C3)nc3ccccc32)cc1. The molecule has 0 radical (unpaired) electrons. The van der Waals surface area contributed by atoms with Gasteiger partial charge in [-0.1, -0.05) is 24.3 Å². The molecule has 1 saturated heterocycles. The highest BCUT2D eigenvalue weighted by Crippen LogP contribution is 2.26. The zero-order chi connectivity index (χ0) is 18.1. The van der Waals surface area contributed by atoms with E-state index in [0.29, 0.717) is 25.1 Å². The molecular formula is C20H21N5O. The van der Waals surface area contributed by atoms with Gasteiger partial charge in [-0.3, -0.25) is 0 Å². The third-order valence-electron chi connectivity index (χ3n) is 4.96. The third kappa shape index (κ3) is 3.03. The van der Waals surface area contributed by atoms with Crippen LogP contribution in [0.25, 0.3) is 11.0 Å². The molecule has 0 bridgehead atoms. The number of piperidine rings is 1. The minimum absolute atomic E-state index is 0.271. The van der Waals surface area contributed by atoms with Crippen molar-refractivity contribution in [3.63, 3.8) is 0 Å². The molecule has 3 aromatic rings. The summed E-state index contributed by atoms with van der Waals surface area (Å²) in [6.45, 7) is 1.97. The fourth-order valence-corrected chi connectivity index (χ4v) is 3.48. The van der Waals surface area contributed by atoms with E-state index in [1.807, 2.05) is 42.5 Å². The van der Waals surface area contributed by atoms with Crippen LogP contribution in [0, 0.1) is 11.3 Å². The lowest BCUT2D eigenvalue weighted by Crippen LogP contribution is -2.52. The van der Waals surface area contributed by atoms with Gasteiger partial charge in [0.2, 0.25) is 5.95 Å². The molecule has 0 amide bonds. The molecule has 1 fully saturated rings. The maximum atomic E-state index is 9.93. The molecule has 0 spiro atoms. The van der Waals surface area contributed by atoms with Crippen LogP contribution in [0.4, 0.5) is 5.95 Å². The topological polar surface area (TPSA) is 91.1 Å². The molecule has 6 nitrogen and oxygen atoms in total. The number of hydrogen-bond acceptors (Lipinski definition) is 5. The molecule has 3 N–H and O–H groups in total. The summed E-state index contributed by atoms with van der Waals surface area (Å²) in [6, 6.07) is 17.6. The number of benzene rings is 2. The Labute approximate surface area is 152 Å². The summed E-state index contributed by atoms with van der Waals surface area (Å²) in [5.74, 6) is 0.873. The van der Waals surface area contributed by atoms with Gasteiger partial charge in [-0.25, -0.2) is 4.98 Å². The molecule has 1 aliphatic heterocycles. The number of rotatable bonds is 3. The Hall–Kier alpha value is -2.88. The number of imidazole rings is 1. The van der Waals surface area contributed by atoms with E-state index in [9.17, 15) is 5.11 Å². The van der Waals surface area contributed by atoms with Crippen molar-refractivity contribution in [3.05, 3.63) is 59.7 Å². The lowest BCUT2D eigenvalue weighted by Gasteiger charge is -2.35. The van der Waals surface area contributed by atoms with Gasteiger partial charge in [0.15, 0.2) is 0 Å². The van der Waals surface area contributed by atoms with E-state index >= 15 is 0 Å². The molecule has 2 heterocycles. The minimum Gasteiger partial charge on any atom is -0.391 e. The number of aliphatic hydroxyl groups is 1. The first-order chi connectivity index (χ1) is 12.7. The summed E-state index contributed by atoms with van der Waals surface area (Å²) in [6.07, 6.45) is 0.184. The fraction of sp³-hybridized carbons (Fsp3) is 0.300. The first-order valence-corrected chi connectivity index (χ1v) is 8.78. The lowest BCUT2D eigenvalue weighted by atomic mass is 10.0. The predicted molar refractivity (Wildman–Crippen MR) is 101 cm³/mol. The second-order valence-corrected chi connectivity index (χ2v) is 6.76. The summed E-state index contributed by atoms with van der Waals surface area (Å²) in [4.78, 5) is 6.98. The quantitative estimate of drug-likeness (QED) is 0.754. The number of aliphatic hydroxyl groups excluding tert-OH is 1. The van der Waals surface area contributed by atoms with Crippen molar-refractivity contribution in [2.45, 2.75) is 25.1 Å². The van der Waals surface area contributed by atoms with Crippen molar-refractivity contribution >= 4 is 17.0 Å². The van der Waals surface area contributed by atoms with Gasteiger partial charge in [0, 0.05) is 19.1 Å². The number of nitrogens with zero attached hydrogens (tertiary/aromatic N) is 4. The van der Waals surface area contributed by atoms with E-state index in [1.165, 1.54) is 0 Å². The standard InChI is InChI=1S/C20H21N5O/c21-11-14-5-7-15(8-6-14)12-25-18-4-2-1-3-17(18)23-20(25)24-10-9-19(26)16(22)13-24/h1-8,16,19,26H,9-10,12-13,22H2/t16-,19-/m0/s1. The van der Waals surface area contributed by atoms with Crippen LogP contribution >= 0.6 is 0 Å². The zero-order valence-electron chi connectivity index (χ0n) is 14.4. The summed E-state index contributed by atoms with van der Waals surface area (Å²) in [7, 11) is 0. The van der Waals surface area contributed by atoms with Crippen molar-refractivity contribution in [2.75, 3.05) is 18.0 Å². The van der Waals surface area contributed by atoms with E-state index in [0.717, 1.165) is 29.1 Å². The number of fused-ring (bicyclic) bond motifs is 1. The maximum Gasteiger partial charge on any atom is 0.206 e. The summed E-state index contributed by atoms with van der Waals surface area (Å²) in [5.41, 5.74) is 9.84. The lowest BCUT2D eigenvalue weighted by molar-refractivity contribution is 0.124. The molecule has 4 rings (SSSR count). The van der Waals surface area contributed by atoms with Crippen molar-refractivity contribution < 1.29 is 5.11 Å². The van der Waals surface area contributed by atoms with E-state index in [1.54, 1.807) is 0 Å². The summed E-state index contributed by atoms with van der Waals surface area (Å²) < 4.78 is 2.18. The highest BCUT2D eigenvalue weighted by Gasteiger charge is 2.28. The van der Waals surface area contributed by atoms with Gasteiger partial charge in [0.1, 0.15) is 0 Å². The van der Waals surface area contributed by atoms with Crippen molar-refractivity contribution in [3.8, 4) is 6.07 Å². The van der Waals surface area contributed by atoms with E-state index in [-0.39, 0.29) is 6.04 Å². The fourth-order valence-electron chi connectivity index (χ4n) is 3.48. The molecule has 0 saturated carbocycles. The Morgan fingerprint density at radius 3 is 2.69 bits per heavy atom. The van der Waals surface area contributed by atoms with Crippen LogP contribution in [-0.4, -0.2) is 39.9 Å². The number of anilines is 1. The van der Waals surface area contributed by atoms with Crippen LogP contribution < -0.4 is 10.6 Å². The van der Waals surface area contributed by atoms with Gasteiger partial charge in [0.25, 0.3) is 0 Å². The van der Waals surface area contributed by atoms with Gasteiger partial charge < -0.3 is 20.3 Å². The van der Waals surface area contributed by atoms with E-state index < -0.39 is 6.10 Å². The number of hydrogen-bond donors (Lipinski definition) is 2. The molecule has 1 aliphatic rings. The second kappa shape index (κ2) is 6.79. The van der Waals surface area contributed by atoms with Crippen LogP contribution in [0.3, 0.4) is 0 Å². The minimum atomic E-state index is -0.456.